The Morgan fingerprint density at radius 3 is 2.65 bits per heavy atom. The zero-order valence-electron chi connectivity index (χ0n) is 10.8. The third kappa shape index (κ3) is 1.95. The third-order valence-corrected chi connectivity index (χ3v) is 3.40. The van der Waals surface area contributed by atoms with Crippen LogP contribution in [0.2, 0.25) is 0 Å². The molecule has 0 aromatic carbocycles. The second-order valence-corrected chi connectivity index (χ2v) is 5.04. The molecule has 1 amide bonds. The highest BCUT2D eigenvalue weighted by atomic mass is 16.2. The number of nitrogens with two attached hydrogens (primary N) is 1. The fourth-order valence-corrected chi connectivity index (χ4v) is 2.48. The van der Waals surface area contributed by atoms with Crippen molar-refractivity contribution < 1.29 is 4.79 Å². The molecule has 2 heterocycles. The van der Waals surface area contributed by atoms with Crippen molar-refractivity contribution in [1.29, 1.82) is 0 Å². The average molecular weight is 236 g/mol. The van der Waals surface area contributed by atoms with E-state index in [4.69, 9.17) is 5.73 Å². The van der Waals surface area contributed by atoms with Crippen molar-refractivity contribution in [3.05, 3.63) is 17.5 Å². The zero-order valence-corrected chi connectivity index (χ0v) is 10.8. The van der Waals surface area contributed by atoms with Gasteiger partial charge in [0.1, 0.15) is 0 Å². The van der Waals surface area contributed by atoms with Gasteiger partial charge in [-0.3, -0.25) is 9.48 Å². The van der Waals surface area contributed by atoms with E-state index in [1.165, 1.54) is 0 Å². The van der Waals surface area contributed by atoms with E-state index in [0.29, 0.717) is 6.42 Å². The number of carbonyl (C=O) groups excluding carboxylic acids is 1. The molecule has 1 aromatic rings. The molecule has 0 bridgehead atoms. The summed E-state index contributed by atoms with van der Waals surface area (Å²) in [6.45, 7) is 6.02. The lowest BCUT2D eigenvalue weighted by Crippen LogP contribution is -2.37. The van der Waals surface area contributed by atoms with Crippen molar-refractivity contribution in [3.63, 3.8) is 0 Å². The van der Waals surface area contributed by atoms with Crippen LogP contribution in [0, 0.1) is 6.92 Å². The summed E-state index contributed by atoms with van der Waals surface area (Å²) in [5, 5.41) is 4.45. The first-order valence-corrected chi connectivity index (χ1v) is 5.99. The van der Waals surface area contributed by atoms with Crippen molar-refractivity contribution in [3.8, 4) is 0 Å². The van der Waals surface area contributed by atoms with Gasteiger partial charge in [-0.1, -0.05) is 0 Å². The predicted molar refractivity (Wildman–Crippen MR) is 65.3 cm³/mol. The van der Waals surface area contributed by atoms with E-state index in [9.17, 15) is 4.79 Å². The predicted octanol–water partition coefficient (Wildman–Crippen LogP) is 0.738. The van der Waals surface area contributed by atoms with Gasteiger partial charge >= 0.3 is 0 Å². The maximum Gasteiger partial charge on any atom is 0.225 e. The average Bonchev–Trinajstić information content (AvgIpc) is 2.68. The summed E-state index contributed by atoms with van der Waals surface area (Å²) < 4.78 is 1.82. The molecule has 2 atom stereocenters. The van der Waals surface area contributed by atoms with Gasteiger partial charge < -0.3 is 10.6 Å². The number of nitrogens with zero attached hydrogens (tertiary/aromatic N) is 3. The standard InChI is InChI=1S/C12H20N4O/c1-7(2)16-11(17)6-9(13)12(16)10-5-8(3)15(4)14-10/h5,7,9,12H,6,13H2,1-4H3. The Hall–Kier alpha value is -1.36. The Kier molecular flexibility index (Phi) is 2.95. The van der Waals surface area contributed by atoms with Gasteiger partial charge in [0.25, 0.3) is 0 Å². The lowest BCUT2D eigenvalue weighted by atomic mass is 10.1. The summed E-state index contributed by atoms with van der Waals surface area (Å²) in [7, 11) is 1.90. The maximum atomic E-state index is 11.9. The van der Waals surface area contributed by atoms with Crippen LogP contribution in [-0.2, 0) is 11.8 Å². The lowest BCUT2D eigenvalue weighted by molar-refractivity contribution is -0.130. The van der Waals surface area contributed by atoms with Crippen LogP contribution >= 0.6 is 0 Å². The van der Waals surface area contributed by atoms with Gasteiger partial charge in [0.15, 0.2) is 0 Å². The van der Waals surface area contributed by atoms with Crippen LogP contribution < -0.4 is 5.73 Å². The van der Waals surface area contributed by atoms with E-state index in [-0.39, 0.29) is 24.0 Å². The van der Waals surface area contributed by atoms with E-state index >= 15 is 0 Å². The molecule has 0 spiro atoms. The molecular formula is C12H20N4O. The number of hydrogen-bond acceptors (Lipinski definition) is 3. The Bertz CT molecular complexity index is 418. The molecule has 1 aliphatic rings. The van der Waals surface area contributed by atoms with Crippen LogP contribution in [0.4, 0.5) is 0 Å². The van der Waals surface area contributed by atoms with Crippen molar-refractivity contribution in [1.82, 2.24) is 14.7 Å². The van der Waals surface area contributed by atoms with Crippen LogP contribution in [0.5, 0.6) is 0 Å². The third-order valence-electron chi connectivity index (χ3n) is 3.40. The van der Waals surface area contributed by atoms with Gasteiger partial charge in [0, 0.05) is 31.2 Å². The summed E-state index contributed by atoms with van der Waals surface area (Å²) in [4.78, 5) is 13.8. The van der Waals surface area contributed by atoms with Gasteiger partial charge in [0.2, 0.25) is 5.91 Å². The topological polar surface area (TPSA) is 64.2 Å². The summed E-state index contributed by atoms with van der Waals surface area (Å²) in [5.74, 6) is 0.126. The van der Waals surface area contributed by atoms with Gasteiger partial charge in [-0.25, -0.2) is 0 Å². The van der Waals surface area contributed by atoms with Gasteiger partial charge in [-0.2, -0.15) is 5.10 Å². The molecule has 1 fully saturated rings. The molecule has 1 aromatic heterocycles. The number of aromatic nitrogens is 2. The normalized spacial score (nSPS) is 25.1. The number of carbonyl (C=O) groups is 1. The molecule has 17 heavy (non-hydrogen) atoms. The Labute approximate surface area is 102 Å². The Morgan fingerprint density at radius 1 is 1.53 bits per heavy atom. The number of amides is 1. The van der Waals surface area contributed by atoms with Gasteiger partial charge in [-0.15, -0.1) is 0 Å². The highest BCUT2D eigenvalue weighted by Gasteiger charge is 2.41. The first kappa shape index (κ1) is 12.1. The quantitative estimate of drug-likeness (QED) is 0.823. The summed E-state index contributed by atoms with van der Waals surface area (Å²) >= 11 is 0. The zero-order chi connectivity index (χ0) is 12.7. The Morgan fingerprint density at radius 2 is 2.18 bits per heavy atom. The van der Waals surface area contributed by atoms with Crippen LogP contribution in [0.25, 0.3) is 0 Å². The van der Waals surface area contributed by atoms with Crippen LogP contribution in [0.1, 0.15) is 37.7 Å². The van der Waals surface area contributed by atoms with E-state index in [1.54, 1.807) is 0 Å². The molecule has 5 heteroatoms. The van der Waals surface area contributed by atoms with E-state index in [1.807, 2.05) is 43.5 Å². The fraction of sp³-hybridized carbons (Fsp3) is 0.667. The first-order valence-electron chi connectivity index (χ1n) is 5.99. The van der Waals surface area contributed by atoms with E-state index < -0.39 is 0 Å². The minimum absolute atomic E-state index is 0.0811. The molecule has 1 aliphatic heterocycles. The molecule has 94 valence electrons. The molecule has 0 aliphatic carbocycles. The lowest BCUT2D eigenvalue weighted by Gasteiger charge is -2.29. The van der Waals surface area contributed by atoms with Gasteiger partial charge in [0.05, 0.1) is 11.7 Å². The smallest absolute Gasteiger partial charge is 0.225 e. The van der Waals surface area contributed by atoms with Crippen molar-refractivity contribution in [2.75, 3.05) is 0 Å². The van der Waals surface area contributed by atoms with Crippen molar-refractivity contribution in [2.45, 2.75) is 45.3 Å². The molecular weight excluding hydrogens is 216 g/mol. The molecule has 5 nitrogen and oxygen atoms in total. The molecule has 1 saturated heterocycles. The number of likely N-dealkylation sites (tertiary alicyclic amines) is 1. The molecule has 2 N–H and O–H groups in total. The SMILES string of the molecule is Cc1cc(C2C(N)CC(=O)N2C(C)C)nn1C. The van der Waals surface area contributed by atoms with E-state index in [0.717, 1.165) is 11.4 Å². The summed E-state index contributed by atoms with van der Waals surface area (Å²) in [5.41, 5.74) is 8.06. The molecule has 2 unspecified atom stereocenters. The minimum atomic E-state index is -0.154. The van der Waals surface area contributed by atoms with Crippen LogP contribution in [-0.4, -0.2) is 32.7 Å². The van der Waals surface area contributed by atoms with Gasteiger partial charge in [-0.05, 0) is 26.8 Å². The number of aryl methyl sites for hydroxylation is 2. The minimum Gasteiger partial charge on any atom is -0.330 e. The van der Waals surface area contributed by atoms with Crippen molar-refractivity contribution in [2.24, 2.45) is 12.8 Å². The highest BCUT2D eigenvalue weighted by molar-refractivity contribution is 5.80. The Balaban J connectivity index is 2.38. The molecule has 2 rings (SSSR count). The maximum absolute atomic E-state index is 11.9. The summed E-state index contributed by atoms with van der Waals surface area (Å²) in [6.07, 6.45) is 0.415. The fourth-order valence-electron chi connectivity index (χ4n) is 2.48. The molecule has 0 radical (unpaired) electrons. The van der Waals surface area contributed by atoms with Crippen molar-refractivity contribution >= 4 is 5.91 Å². The monoisotopic (exact) mass is 236 g/mol. The van der Waals surface area contributed by atoms with Crippen LogP contribution in [0.15, 0.2) is 6.07 Å². The summed E-state index contributed by atoms with van der Waals surface area (Å²) in [6, 6.07) is 1.93. The molecule has 0 saturated carbocycles. The first-order chi connectivity index (χ1) is 7.91. The second kappa shape index (κ2) is 4.14. The highest BCUT2D eigenvalue weighted by Crippen LogP contribution is 2.33. The van der Waals surface area contributed by atoms with Crippen LogP contribution in [0.3, 0.4) is 0 Å². The number of rotatable bonds is 2. The largest absolute Gasteiger partial charge is 0.330 e. The van der Waals surface area contributed by atoms with E-state index in [2.05, 4.69) is 5.10 Å². The number of hydrogen-bond donors (Lipinski definition) is 1. The second-order valence-electron chi connectivity index (χ2n) is 5.04.